The smallest absolute Gasteiger partial charge is 0.00510 e. The highest BCUT2D eigenvalue weighted by Gasteiger charge is 2.18. The number of nitrogens with zero attached hydrogens (tertiary/aromatic N) is 1. The second kappa shape index (κ2) is 6.02. The van der Waals surface area contributed by atoms with E-state index in [4.69, 9.17) is 0 Å². The highest BCUT2D eigenvalue weighted by molar-refractivity contribution is 4.75. The number of rotatable bonds is 2. The van der Waals surface area contributed by atoms with Crippen molar-refractivity contribution in [3.05, 3.63) is 0 Å². The van der Waals surface area contributed by atoms with Gasteiger partial charge < -0.3 is 10.2 Å². The highest BCUT2D eigenvalue weighted by Crippen LogP contribution is 2.19. The fourth-order valence-electron chi connectivity index (χ4n) is 2.17. The standard InChI is InChI=1S/C14H30N2/c1-12-10-15-13(2)6-8-16(11-12)9-7-14(3,4)5/h12-13,15H,6-11H2,1-5H3. The summed E-state index contributed by atoms with van der Waals surface area (Å²) in [6.45, 7) is 16.6. The summed E-state index contributed by atoms with van der Waals surface area (Å²) in [7, 11) is 0. The van der Waals surface area contributed by atoms with Gasteiger partial charge in [0, 0.05) is 12.6 Å². The van der Waals surface area contributed by atoms with Crippen molar-refractivity contribution in [3.63, 3.8) is 0 Å². The molecule has 1 aliphatic rings. The lowest BCUT2D eigenvalue weighted by molar-refractivity contribution is 0.178. The fourth-order valence-corrected chi connectivity index (χ4v) is 2.17. The monoisotopic (exact) mass is 226 g/mol. The van der Waals surface area contributed by atoms with Gasteiger partial charge in [-0.3, -0.25) is 0 Å². The molecule has 96 valence electrons. The quantitative estimate of drug-likeness (QED) is 0.779. The maximum Gasteiger partial charge on any atom is 0.00510 e. The molecule has 0 aromatic carbocycles. The van der Waals surface area contributed by atoms with Gasteiger partial charge in [0.1, 0.15) is 0 Å². The SMILES string of the molecule is CC1CNC(C)CCN(CCC(C)(C)C)C1. The molecular weight excluding hydrogens is 196 g/mol. The summed E-state index contributed by atoms with van der Waals surface area (Å²) in [4.78, 5) is 2.66. The first-order chi connectivity index (χ1) is 7.37. The zero-order chi connectivity index (χ0) is 12.2. The lowest BCUT2D eigenvalue weighted by Gasteiger charge is -2.32. The summed E-state index contributed by atoms with van der Waals surface area (Å²) in [6.07, 6.45) is 2.60. The minimum atomic E-state index is 0.468. The topological polar surface area (TPSA) is 15.3 Å². The molecule has 16 heavy (non-hydrogen) atoms. The lowest BCUT2D eigenvalue weighted by Crippen LogP contribution is -2.43. The summed E-state index contributed by atoms with van der Waals surface area (Å²) in [5.74, 6) is 0.780. The van der Waals surface area contributed by atoms with Crippen molar-refractivity contribution >= 4 is 0 Å². The summed E-state index contributed by atoms with van der Waals surface area (Å²) in [6, 6.07) is 0.680. The van der Waals surface area contributed by atoms with Gasteiger partial charge in [0.2, 0.25) is 0 Å². The van der Waals surface area contributed by atoms with Crippen LogP contribution in [-0.4, -0.2) is 37.1 Å². The van der Waals surface area contributed by atoms with Crippen LogP contribution in [0.15, 0.2) is 0 Å². The van der Waals surface area contributed by atoms with Crippen molar-refractivity contribution < 1.29 is 0 Å². The average Bonchev–Trinajstić information content (AvgIpc) is 2.15. The zero-order valence-electron chi connectivity index (χ0n) is 11.8. The molecule has 0 spiro atoms. The van der Waals surface area contributed by atoms with E-state index in [0.717, 1.165) is 5.92 Å². The molecular formula is C14H30N2. The number of nitrogens with one attached hydrogen (secondary N) is 1. The van der Waals surface area contributed by atoms with E-state index < -0.39 is 0 Å². The molecule has 1 fully saturated rings. The fraction of sp³-hybridized carbons (Fsp3) is 1.00. The highest BCUT2D eigenvalue weighted by atomic mass is 15.1. The maximum absolute atomic E-state index is 3.60. The van der Waals surface area contributed by atoms with Crippen LogP contribution in [-0.2, 0) is 0 Å². The van der Waals surface area contributed by atoms with Gasteiger partial charge in [-0.15, -0.1) is 0 Å². The molecule has 0 saturated carbocycles. The van der Waals surface area contributed by atoms with Gasteiger partial charge in [0.05, 0.1) is 0 Å². The van der Waals surface area contributed by atoms with Gasteiger partial charge in [-0.05, 0) is 50.7 Å². The van der Waals surface area contributed by atoms with E-state index >= 15 is 0 Å². The van der Waals surface area contributed by atoms with Gasteiger partial charge in [-0.1, -0.05) is 27.7 Å². The van der Waals surface area contributed by atoms with Crippen LogP contribution in [0.25, 0.3) is 0 Å². The summed E-state index contributed by atoms with van der Waals surface area (Å²) >= 11 is 0. The first-order valence-electron chi connectivity index (χ1n) is 6.82. The van der Waals surface area contributed by atoms with Gasteiger partial charge in [-0.25, -0.2) is 0 Å². The van der Waals surface area contributed by atoms with Crippen molar-refractivity contribution in [1.29, 1.82) is 0 Å². The van der Waals surface area contributed by atoms with Gasteiger partial charge in [0.15, 0.2) is 0 Å². The minimum Gasteiger partial charge on any atom is -0.314 e. The Hall–Kier alpha value is -0.0800. The first kappa shape index (κ1) is 14.0. The average molecular weight is 226 g/mol. The van der Waals surface area contributed by atoms with Crippen LogP contribution in [0.4, 0.5) is 0 Å². The van der Waals surface area contributed by atoms with Crippen LogP contribution in [0.3, 0.4) is 0 Å². The molecule has 2 heteroatoms. The molecule has 2 nitrogen and oxygen atoms in total. The van der Waals surface area contributed by atoms with Gasteiger partial charge in [0.25, 0.3) is 0 Å². The normalized spacial score (nSPS) is 29.8. The van der Waals surface area contributed by atoms with E-state index in [2.05, 4.69) is 44.8 Å². The molecule has 1 saturated heterocycles. The van der Waals surface area contributed by atoms with E-state index in [1.807, 2.05) is 0 Å². The van der Waals surface area contributed by atoms with Crippen LogP contribution < -0.4 is 5.32 Å². The van der Waals surface area contributed by atoms with Gasteiger partial charge in [-0.2, -0.15) is 0 Å². The van der Waals surface area contributed by atoms with E-state index in [9.17, 15) is 0 Å². The second-order valence-corrected chi connectivity index (χ2v) is 6.81. The largest absolute Gasteiger partial charge is 0.314 e. The Bertz CT molecular complexity index is 195. The van der Waals surface area contributed by atoms with Crippen molar-refractivity contribution in [2.45, 2.75) is 53.5 Å². The Morgan fingerprint density at radius 1 is 1.25 bits per heavy atom. The van der Waals surface area contributed by atoms with Crippen LogP contribution in [0.1, 0.15) is 47.5 Å². The van der Waals surface area contributed by atoms with Crippen molar-refractivity contribution in [2.75, 3.05) is 26.2 Å². The van der Waals surface area contributed by atoms with Crippen LogP contribution >= 0.6 is 0 Å². The molecule has 0 bridgehead atoms. The molecule has 2 atom stereocenters. The van der Waals surface area contributed by atoms with E-state index in [0.29, 0.717) is 11.5 Å². The summed E-state index contributed by atoms with van der Waals surface area (Å²) < 4.78 is 0. The number of hydrogen-bond donors (Lipinski definition) is 1. The third kappa shape index (κ3) is 5.86. The molecule has 0 radical (unpaired) electrons. The third-order valence-corrected chi connectivity index (χ3v) is 3.44. The Kier molecular flexibility index (Phi) is 5.26. The van der Waals surface area contributed by atoms with Crippen LogP contribution in [0, 0.1) is 11.3 Å². The molecule has 0 aliphatic carbocycles. The Morgan fingerprint density at radius 3 is 2.56 bits per heavy atom. The Morgan fingerprint density at radius 2 is 1.94 bits per heavy atom. The Balaban J connectivity index is 2.38. The molecule has 0 amide bonds. The minimum absolute atomic E-state index is 0.468. The zero-order valence-corrected chi connectivity index (χ0v) is 11.8. The molecule has 1 rings (SSSR count). The van der Waals surface area contributed by atoms with Crippen molar-refractivity contribution in [2.24, 2.45) is 11.3 Å². The molecule has 1 heterocycles. The van der Waals surface area contributed by atoms with Crippen LogP contribution in [0.2, 0.25) is 0 Å². The first-order valence-corrected chi connectivity index (χ1v) is 6.82. The van der Waals surface area contributed by atoms with Crippen molar-refractivity contribution in [3.8, 4) is 0 Å². The molecule has 0 aromatic rings. The summed E-state index contributed by atoms with van der Waals surface area (Å²) in [5, 5.41) is 3.60. The predicted molar refractivity (Wildman–Crippen MR) is 71.8 cm³/mol. The van der Waals surface area contributed by atoms with Gasteiger partial charge >= 0.3 is 0 Å². The molecule has 2 unspecified atom stereocenters. The van der Waals surface area contributed by atoms with E-state index in [1.54, 1.807) is 0 Å². The summed E-state index contributed by atoms with van der Waals surface area (Å²) in [5.41, 5.74) is 0.468. The lowest BCUT2D eigenvalue weighted by atomic mass is 9.92. The maximum atomic E-state index is 3.60. The second-order valence-electron chi connectivity index (χ2n) is 6.81. The Labute approximate surface area is 102 Å². The van der Waals surface area contributed by atoms with E-state index in [-0.39, 0.29) is 0 Å². The number of hydrogen-bond acceptors (Lipinski definition) is 2. The van der Waals surface area contributed by atoms with Crippen LogP contribution in [0.5, 0.6) is 0 Å². The molecule has 1 aliphatic heterocycles. The van der Waals surface area contributed by atoms with E-state index in [1.165, 1.54) is 39.0 Å². The molecule has 1 N–H and O–H groups in total. The molecule has 0 aromatic heterocycles. The predicted octanol–water partition coefficient (Wildman–Crippen LogP) is 2.74. The third-order valence-electron chi connectivity index (χ3n) is 3.44. The van der Waals surface area contributed by atoms with Crippen molar-refractivity contribution in [1.82, 2.24) is 10.2 Å².